The van der Waals surface area contributed by atoms with Gasteiger partial charge in [0.15, 0.2) is 0 Å². The third kappa shape index (κ3) is 9.13. The average Bonchev–Trinajstić information content (AvgIpc) is 2.47. The summed E-state index contributed by atoms with van der Waals surface area (Å²) >= 11 is 1.99. The van der Waals surface area contributed by atoms with Crippen molar-refractivity contribution >= 4 is 17.4 Å². The molecule has 0 radical (unpaired) electrons. The molecule has 2 nitrogen and oxygen atoms in total. The highest BCUT2D eigenvalue weighted by Gasteiger charge is 1.95. The number of benzene rings is 1. The lowest BCUT2D eigenvalue weighted by atomic mass is 10.1. The average molecular weight is 295 g/mol. The normalized spacial score (nSPS) is 10.7. The van der Waals surface area contributed by atoms with Gasteiger partial charge < -0.3 is 10.5 Å². The highest BCUT2D eigenvalue weighted by atomic mass is 32.2. The number of hydrogen-bond acceptors (Lipinski definition) is 3. The van der Waals surface area contributed by atoms with Gasteiger partial charge in [-0.2, -0.15) is 11.8 Å². The molecule has 0 unspecified atom stereocenters. The molecule has 2 N–H and O–H groups in total. The molecule has 0 atom stereocenters. The number of nitrogen functional groups attached to an aromatic ring is 1. The van der Waals surface area contributed by atoms with Crippen LogP contribution in [0.25, 0.3) is 0 Å². The van der Waals surface area contributed by atoms with Crippen LogP contribution < -0.4 is 10.5 Å². The van der Waals surface area contributed by atoms with Crippen LogP contribution in [0.3, 0.4) is 0 Å². The molecular weight excluding hydrogens is 266 g/mol. The summed E-state index contributed by atoms with van der Waals surface area (Å²) in [7, 11) is 0. The summed E-state index contributed by atoms with van der Waals surface area (Å²) < 4.78 is 5.66. The molecule has 0 saturated heterocycles. The zero-order chi connectivity index (χ0) is 14.5. The van der Waals surface area contributed by atoms with E-state index in [0.717, 1.165) is 23.8 Å². The van der Waals surface area contributed by atoms with E-state index in [9.17, 15) is 0 Å². The van der Waals surface area contributed by atoms with E-state index in [4.69, 9.17) is 10.5 Å². The molecule has 114 valence electrons. The zero-order valence-corrected chi connectivity index (χ0v) is 13.6. The van der Waals surface area contributed by atoms with Gasteiger partial charge in [-0.05, 0) is 36.4 Å². The van der Waals surface area contributed by atoms with Gasteiger partial charge in [-0.25, -0.2) is 0 Å². The highest BCUT2D eigenvalue weighted by Crippen LogP contribution is 2.14. The Balaban J connectivity index is 1.84. The summed E-state index contributed by atoms with van der Waals surface area (Å²) in [5, 5.41) is 0. The SMILES string of the molecule is CCCCCCCCCSCCOc1ccc(N)cc1. The van der Waals surface area contributed by atoms with Crippen LogP contribution in [-0.2, 0) is 0 Å². The molecule has 0 amide bonds. The fourth-order valence-corrected chi connectivity index (χ4v) is 2.86. The van der Waals surface area contributed by atoms with Crippen LogP contribution in [-0.4, -0.2) is 18.1 Å². The van der Waals surface area contributed by atoms with Gasteiger partial charge in [0.05, 0.1) is 6.61 Å². The fraction of sp³-hybridized carbons (Fsp3) is 0.647. The molecule has 0 saturated carbocycles. The zero-order valence-electron chi connectivity index (χ0n) is 12.8. The molecule has 0 aromatic heterocycles. The molecule has 0 aliphatic rings. The van der Waals surface area contributed by atoms with E-state index in [1.54, 1.807) is 0 Å². The molecule has 0 heterocycles. The highest BCUT2D eigenvalue weighted by molar-refractivity contribution is 7.99. The first-order valence-electron chi connectivity index (χ1n) is 7.89. The summed E-state index contributed by atoms with van der Waals surface area (Å²) in [5.74, 6) is 3.25. The third-order valence-corrected chi connectivity index (χ3v) is 4.30. The molecule has 1 aromatic rings. The first-order valence-corrected chi connectivity index (χ1v) is 9.04. The summed E-state index contributed by atoms with van der Waals surface area (Å²) in [5.41, 5.74) is 6.41. The first kappa shape index (κ1) is 17.2. The Kier molecular flexibility index (Phi) is 10.3. The molecule has 0 aliphatic heterocycles. The second-order valence-electron chi connectivity index (χ2n) is 5.15. The number of unbranched alkanes of at least 4 members (excludes halogenated alkanes) is 6. The van der Waals surface area contributed by atoms with E-state index < -0.39 is 0 Å². The maximum absolute atomic E-state index is 5.66. The Bertz CT molecular complexity index is 326. The number of rotatable bonds is 12. The van der Waals surface area contributed by atoms with Crippen LogP contribution in [0.4, 0.5) is 5.69 Å². The predicted octanol–water partition coefficient (Wildman–Crippen LogP) is 5.13. The van der Waals surface area contributed by atoms with Gasteiger partial charge in [-0.1, -0.05) is 45.4 Å². The first-order chi connectivity index (χ1) is 9.83. The van der Waals surface area contributed by atoms with Crippen molar-refractivity contribution in [3.63, 3.8) is 0 Å². The van der Waals surface area contributed by atoms with Crippen molar-refractivity contribution in [2.45, 2.75) is 51.9 Å². The van der Waals surface area contributed by atoms with Crippen LogP contribution in [0.5, 0.6) is 5.75 Å². The molecule has 0 aliphatic carbocycles. The molecule has 3 heteroatoms. The van der Waals surface area contributed by atoms with Crippen molar-refractivity contribution in [3.05, 3.63) is 24.3 Å². The minimum absolute atomic E-state index is 0.783. The van der Waals surface area contributed by atoms with Crippen molar-refractivity contribution in [1.29, 1.82) is 0 Å². The monoisotopic (exact) mass is 295 g/mol. The lowest BCUT2D eigenvalue weighted by molar-refractivity contribution is 0.344. The molecule has 20 heavy (non-hydrogen) atoms. The third-order valence-electron chi connectivity index (χ3n) is 3.27. The Morgan fingerprint density at radius 2 is 1.55 bits per heavy atom. The molecule has 0 spiro atoms. The second-order valence-corrected chi connectivity index (χ2v) is 6.38. The second kappa shape index (κ2) is 12.0. The van der Waals surface area contributed by atoms with E-state index in [0.29, 0.717) is 0 Å². The van der Waals surface area contributed by atoms with Crippen LogP contribution in [0.2, 0.25) is 0 Å². The van der Waals surface area contributed by atoms with Crippen molar-refractivity contribution < 1.29 is 4.74 Å². The Labute approximate surface area is 128 Å². The summed E-state index contributed by atoms with van der Waals surface area (Å²) in [6, 6.07) is 7.61. The lowest BCUT2D eigenvalue weighted by Gasteiger charge is -2.06. The van der Waals surface area contributed by atoms with E-state index in [1.165, 1.54) is 50.7 Å². The van der Waals surface area contributed by atoms with Crippen LogP contribution in [0.1, 0.15) is 51.9 Å². The van der Waals surface area contributed by atoms with Gasteiger partial charge in [0, 0.05) is 11.4 Å². The number of nitrogens with two attached hydrogens (primary N) is 1. The molecule has 0 bridgehead atoms. The van der Waals surface area contributed by atoms with Gasteiger partial charge in [0.1, 0.15) is 5.75 Å². The maximum Gasteiger partial charge on any atom is 0.119 e. The van der Waals surface area contributed by atoms with Crippen molar-refractivity contribution in [1.82, 2.24) is 0 Å². The largest absolute Gasteiger partial charge is 0.493 e. The molecule has 0 fully saturated rings. The quantitative estimate of drug-likeness (QED) is 0.429. The number of hydrogen-bond donors (Lipinski definition) is 1. The predicted molar refractivity (Wildman–Crippen MR) is 91.7 cm³/mol. The number of ether oxygens (including phenoxy) is 1. The minimum atomic E-state index is 0.783. The number of thioether (sulfide) groups is 1. The van der Waals surface area contributed by atoms with E-state index in [-0.39, 0.29) is 0 Å². The van der Waals surface area contributed by atoms with Gasteiger partial charge in [0.25, 0.3) is 0 Å². The van der Waals surface area contributed by atoms with Gasteiger partial charge in [0.2, 0.25) is 0 Å². The van der Waals surface area contributed by atoms with Crippen molar-refractivity contribution in [2.24, 2.45) is 0 Å². The maximum atomic E-state index is 5.66. The molecular formula is C17H29NOS. The molecule has 1 rings (SSSR count). The molecule has 1 aromatic carbocycles. The van der Waals surface area contributed by atoms with Gasteiger partial charge >= 0.3 is 0 Å². The minimum Gasteiger partial charge on any atom is -0.493 e. The Morgan fingerprint density at radius 3 is 2.25 bits per heavy atom. The summed E-state index contributed by atoms with van der Waals surface area (Å²) in [4.78, 5) is 0. The van der Waals surface area contributed by atoms with E-state index >= 15 is 0 Å². The fourth-order valence-electron chi connectivity index (χ4n) is 2.05. The van der Waals surface area contributed by atoms with Crippen molar-refractivity contribution in [3.8, 4) is 5.75 Å². The van der Waals surface area contributed by atoms with Gasteiger partial charge in [-0.3, -0.25) is 0 Å². The summed E-state index contributed by atoms with van der Waals surface area (Å²) in [6.45, 7) is 3.05. The standard InChI is InChI=1S/C17H29NOS/c1-2-3-4-5-6-7-8-14-20-15-13-19-17-11-9-16(18)10-12-17/h9-12H,2-8,13-15,18H2,1H3. The van der Waals surface area contributed by atoms with Crippen LogP contribution in [0.15, 0.2) is 24.3 Å². The topological polar surface area (TPSA) is 35.2 Å². The number of anilines is 1. The lowest BCUT2D eigenvalue weighted by Crippen LogP contribution is -2.00. The Hall–Kier alpha value is -0.830. The van der Waals surface area contributed by atoms with Crippen LogP contribution in [0, 0.1) is 0 Å². The van der Waals surface area contributed by atoms with E-state index in [1.807, 2.05) is 36.0 Å². The van der Waals surface area contributed by atoms with Crippen molar-refractivity contribution in [2.75, 3.05) is 23.8 Å². The van der Waals surface area contributed by atoms with E-state index in [2.05, 4.69) is 6.92 Å². The summed E-state index contributed by atoms with van der Waals surface area (Å²) in [6.07, 6.45) is 9.70. The smallest absolute Gasteiger partial charge is 0.119 e. The van der Waals surface area contributed by atoms with Crippen LogP contribution >= 0.6 is 11.8 Å². The Morgan fingerprint density at radius 1 is 0.900 bits per heavy atom. The van der Waals surface area contributed by atoms with Gasteiger partial charge in [-0.15, -0.1) is 0 Å².